The number of hydrogen-bond donors (Lipinski definition) is 2. The van der Waals surface area contributed by atoms with Crippen molar-refractivity contribution in [3.05, 3.63) is 63.1 Å². The molecule has 2 N–H and O–H groups in total. The third kappa shape index (κ3) is 3.54. The van der Waals surface area contributed by atoms with E-state index in [1.165, 1.54) is 24.3 Å². The van der Waals surface area contributed by atoms with E-state index in [1.54, 1.807) is 19.1 Å². The molecule has 1 amide bonds. The van der Waals surface area contributed by atoms with Crippen molar-refractivity contribution in [3.8, 4) is 0 Å². The molecule has 0 aliphatic rings. The van der Waals surface area contributed by atoms with Gasteiger partial charge in [-0.3, -0.25) is 4.79 Å². The number of carbonyl (C=O) groups is 2. The standard InChI is InChI=1S/C15H11Cl2NO3/c1-8-2-5-13(10(6-8)15(20)21)18-14(19)9-3-4-11(16)12(17)7-9/h2-7H,1H3,(H,18,19)(H,20,21). The Hall–Kier alpha value is -2.04. The molecule has 4 nitrogen and oxygen atoms in total. The van der Waals surface area contributed by atoms with Gasteiger partial charge < -0.3 is 10.4 Å². The molecule has 0 saturated heterocycles. The Morgan fingerprint density at radius 2 is 1.76 bits per heavy atom. The molecule has 21 heavy (non-hydrogen) atoms. The molecule has 6 heteroatoms. The number of anilines is 1. The largest absolute Gasteiger partial charge is 0.478 e. The van der Waals surface area contributed by atoms with E-state index >= 15 is 0 Å². The molecular formula is C15H11Cl2NO3. The van der Waals surface area contributed by atoms with Gasteiger partial charge in [0.2, 0.25) is 0 Å². The zero-order chi connectivity index (χ0) is 15.6. The number of benzene rings is 2. The summed E-state index contributed by atoms with van der Waals surface area (Å²) in [6, 6.07) is 9.20. The summed E-state index contributed by atoms with van der Waals surface area (Å²) in [5, 5.41) is 12.3. The molecule has 0 fully saturated rings. The van der Waals surface area contributed by atoms with Gasteiger partial charge in [-0.2, -0.15) is 0 Å². The van der Waals surface area contributed by atoms with E-state index in [9.17, 15) is 9.59 Å². The topological polar surface area (TPSA) is 66.4 Å². The predicted octanol–water partition coefficient (Wildman–Crippen LogP) is 4.25. The van der Waals surface area contributed by atoms with Gasteiger partial charge in [0.05, 0.1) is 21.3 Å². The summed E-state index contributed by atoms with van der Waals surface area (Å²) in [5.41, 5.74) is 1.34. The predicted molar refractivity (Wildman–Crippen MR) is 82.6 cm³/mol. The Balaban J connectivity index is 2.31. The lowest BCUT2D eigenvalue weighted by molar-refractivity contribution is 0.0698. The second kappa shape index (κ2) is 6.16. The van der Waals surface area contributed by atoms with Crippen molar-refractivity contribution in [2.75, 3.05) is 5.32 Å². The Morgan fingerprint density at radius 3 is 2.38 bits per heavy atom. The van der Waals surface area contributed by atoms with E-state index in [2.05, 4.69) is 5.32 Å². The first-order chi connectivity index (χ1) is 9.88. The van der Waals surface area contributed by atoms with Crippen LogP contribution in [-0.4, -0.2) is 17.0 Å². The van der Waals surface area contributed by atoms with Crippen molar-refractivity contribution < 1.29 is 14.7 Å². The fraction of sp³-hybridized carbons (Fsp3) is 0.0667. The van der Waals surface area contributed by atoms with Gasteiger partial charge in [-0.1, -0.05) is 34.8 Å². The number of nitrogens with one attached hydrogen (secondary N) is 1. The molecule has 0 radical (unpaired) electrons. The second-order valence-electron chi connectivity index (χ2n) is 4.44. The number of carboxylic acids is 1. The minimum Gasteiger partial charge on any atom is -0.478 e. The molecule has 0 spiro atoms. The second-order valence-corrected chi connectivity index (χ2v) is 5.25. The van der Waals surface area contributed by atoms with Crippen LogP contribution in [0.3, 0.4) is 0 Å². The molecule has 0 saturated carbocycles. The quantitative estimate of drug-likeness (QED) is 0.887. The molecule has 0 bridgehead atoms. The third-order valence-electron chi connectivity index (χ3n) is 2.84. The fourth-order valence-electron chi connectivity index (χ4n) is 1.78. The van der Waals surface area contributed by atoms with E-state index in [0.717, 1.165) is 5.56 Å². The van der Waals surface area contributed by atoms with Gasteiger partial charge >= 0.3 is 5.97 Å². The zero-order valence-electron chi connectivity index (χ0n) is 11.0. The number of aromatic carboxylic acids is 1. The van der Waals surface area contributed by atoms with Crippen LogP contribution >= 0.6 is 23.2 Å². The number of halogens is 2. The van der Waals surface area contributed by atoms with Gasteiger partial charge in [0, 0.05) is 5.56 Å². The van der Waals surface area contributed by atoms with Crippen LogP contribution in [-0.2, 0) is 0 Å². The summed E-state index contributed by atoms with van der Waals surface area (Å²) < 4.78 is 0. The van der Waals surface area contributed by atoms with Crippen LogP contribution in [0.15, 0.2) is 36.4 Å². The Morgan fingerprint density at radius 1 is 1.05 bits per heavy atom. The maximum Gasteiger partial charge on any atom is 0.337 e. The van der Waals surface area contributed by atoms with E-state index in [4.69, 9.17) is 28.3 Å². The molecule has 0 aromatic heterocycles. The molecule has 0 unspecified atom stereocenters. The van der Waals surface area contributed by atoms with Gasteiger partial charge in [0.25, 0.3) is 5.91 Å². The Labute approximate surface area is 131 Å². The monoisotopic (exact) mass is 323 g/mol. The number of amides is 1. The number of hydrogen-bond acceptors (Lipinski definition) is 2. The minimum atomic E-state index is -1.11. The smallest absolute Gasteiger partial charge is 0.337 e. The maximum atomic E-state index is 12.1. The number of aryl methyl sites for hydroxylation is 1. The van der Waals surface area contributed by atoms with Crippen molar-refractivity contribution in [2.24, 2.45) is 0 Å². The lowest BCUT2D eigenvalue weighted by Crippen LogP contribution is -2.15. The molecule has 0 heterocycles. The highest BCUT2D eigenvalue weighted by atomic mass is 35.5. The molecule has 108 valence electrons. The van der Waals surface area contributed by atoms with E-state index in [-0.39, 0.29) is 16.3 Å². The van der Waals surface area contributed by atoms with Gasteiger partial charge in [0.15, 0.2) is 0 Å². The maximum absolute atomic E-state index is 12.1. The van der Waals surface area contributed by atoms with Crippen molar-refractivity contribution in [3.63, 3.8) is 0 Å². The van der Waals surface area contributed by atoms with Crippen LogP contribution in [0.5, 0.6) is 0 Å². The van der Waals surface area contributed by atoms with E-state index < -0.39 is 11.9 Å². The molecular weight excluding hydrogens is 313 g/mol. The summed E-state index contributed by atoms with van der Waals surface area (Å²) in [5.74, 6) is -1.57. The Kier molecular flexibility index (Phi) is 4.50. The average Bonchev–Trinajstić information content (AvgIpc) is 2.43. The normalized spacial score (nSPS) is 10.2. The minimum absolute atomic E-state index is 0.0309. The molecule has 2 aromatic rings. The molecule has 0 aliphatic carbocycles. The summed E-state index contributed by atoms with van der Waals surface area (Å²) in [7, 11) is 0. The molecule has 2 rings (SSSR count). The van der Waals surface area contributed by atoms with Crippen LogP contribution in [0.2, 0.25) is 10.0 Å². The fourth-order valence-corrected chi connectivity index (χ4v) is 2.07. The highest BCUT2D eigenvalue weighted by Gasteiger charge is 2.14. The molecule has 0 aliphatic heterocycles. The summed E-state index contributed by atoms with van der Waals surface area (Å²) in [4.78, 5) is 23.3. The molecule has 2 aromatic carbocycles. The van der Waals surface area contributed by atoms with E-state index in [0.29, 0.717) is 10.6 Å². The highest BCUT2D eigenvalue weighted by molar-refractivity contribution is 6.42. The summed E-state index contributed by atoms with van der Waals surface area (Å²) >= 11 is 11.6. The lowest BCUT2D eigenvalue weighted by Gasteiger charge is -2.10. The van der Waals surface area contributed by atoms with E-state index in [1.807, 2.05) is 0 Å². The van der Waals surface area contributed by atoms with Crippen LogP contribution in [0.25, 0.3) is 0 Å². The third-order valence-corrected chi connectivity index (χ3v) is 3.57. The SMILES string of the molecule is Cc1ccc(NC(=O)c2ccc(Cl)c(Cl)c2)c(C(=O)O)c1. The van der Waals surface area contributed by atoms with Crippen LogP contribution in [0, 0.1) is 6.92 Å². The first-order valence-electron chi connectivity index (χ1n) is 5.99. The van der Waals surface area contributed by atoms with Gasteiger partial charge in [-0.15, -0.1) is 0 Å². The summed E-state index contributed by atoms with van der Waals surface area (Å²) in [6.45, 7) is 1.77. The van der Waals surface area contributed by atoms with Gasteiger partial charge in [-0.05, 0) is 37.3 Å². The van der Waals surface area contributed by atoms with Crippen LogP contribution < -0.4 is 5.32 Å². The van der Waals surface area contributed by atoms with Gasteiger partial charge in [-0.25, -0.2) is 4.79 Å². The number of carbonyl (C=O) groups excluding carboxylic acids is 1. The lowest BCUT2D eigenvalue weighted by atomic mass is 10.1. The number of rotatable bonds is 3. The van der Waals surface area contributed by atoms with Crippen molar-refractivity contribution in [1.29, 1.82) is 0 Å². The average molecular weight is 324 g/mol. The Bertz CT molecular complexity index is 729. The van der Waals surface area contributed by atoms with Crippen molar-refractivity contribution in [2.45, 2.75) is 6.92 Å². The highest BCUT2D eigenvalue weighted by Crippen LogP contribution is 2.24. The van der Waals surface area contributed by atoms with Gasteiger partial charge in [0.1, 0.15) is 0 Å². The number of carboxylic acid groups (broad SMARTS) is 1. The molecule has 0 atom stereocenters. The first kappa shape index (κ1) is 15.4. The summed E-state index contributed by atoms with van der Waals surface area (Å²) in [6.07, 6.45) is 0. The van der Waals surface area contributed by atoms with Crippen LogP contribution in [0.1, 0.15) is 26.3 Å². The van der Waals surface area contributed by atoms with Crippen LogP contribution in [0.4, 0.5) is 5.69 Å². The first-order valence-corrected chi connectivity index (χ1v) is 6.74. The van der Waals surface area contributed by atoms with Crippen molar-refractivity contribution >= 4 is 40.8 Å². The zero-order valence-corrected chi connectivity index (χ0v) is 12.5. The van der Waals surface area contributed by atoms with Crippen molar-refractivity contribution in [1.82, 2.24) is 0 Å².